The molecule has 8 heteroatoms. The van der Waals surface area contributed by atoms with Gasteiger partial charge in [-0.05, 0) is 30.9 Å². The number of carbonyl (C=O) groups is 2. The van der Waals surface area contributed by atoms with Crippen LogP contribution in [0.15, 0.2) is 47.4 Å². The van der Waals surface area contributed by atoms with Crippen LogP contribution in [0.4, 0.5) is 0 Å². The number of allylic oxidation sites excluding steroid dienone is 2. The van der Waals surface area contributed by atoms with Crippen LogP contribution in [0.3, 0.4) is 0 Å². The summed E-state index contributed by atoms with van der Waals surface area (Å²) in [5, 5.41) is 0. The van der Waals surface area contributed by atoms with Gasteiger partial charge in [-0.25, -0.2) is 13.1 Å². The van der Waals surface area contributed by atoms with E-state index in [-0.39, 0.29) is 16.7 Å². The molecule has 1 aliphatic rings. The van der Waals surface area contributed by atoms with E-state index in [0.29, 0.717) is 6.42 Å². The zero-order valence-corrected chi connectivity index (χ0v) is 13.3. The average molecular weight is 337 g/mol. The van der Waals surface area contributed by atoms with Crippen molar-refractivity contribution >= 4 is 21.8 Å². The molecule has 0 saturated carbocycles. The molecule has 0 fully saturated rings. The zero-order valence-electron chi connectivity index (χ0n) is 12.5. The molecule has 0 aliphatic heterocycles. The molecule has 0 heterocycles. The maximum Gasteiger partial charge on any atom is 0.253 e. The second-order valence-corrected chi connectivity index (χ2v) is 6.97. The number of hydrogen-bond acceptors (Lipinski definition) is 4. The van der Waals surface area contributed by atoms with E-state index in [1.807, 2.05) is 12.2 Å². The highest BCUT2D eigenvalue weighted by Crippen LogP contribution is 2.19. The minimum atomic E-state index is -3.75. The molecule has 3 N–H and O–H groups in total. The van der Waals surface area contributed by atoms with Crippen LogP contribution in [-0.4, -0.2) is 26.8 Å². The number of rotatable bonds is 6. The summed E-state index contributed by atoms with van der Waals surface area (Å²) >= 11 is 0. The Kier molecular flexibility index (Phi) is 5.89. The summed E-state index contributed by atoms with van der Waals surface area (Å²) in [6.45, 7) is -0.458. The lowest BCUT2D eigenvalue weighted by Crippen LogP contribution is -2.46. The van der Waals surface area contributed by atoms with Crippen LogP contribution in [0.25, 0.3) is 0 Å². The van der Waals surface area contributed by atoms with Crippen LogP contribution in [0, 0.1) is 5.92 Å². The largest absolute Gasteiger partial charge is 0.273 e. The monoisotopic (exact) mass is 337 g/mol. The Morgan fingerprint density at radius 1 is 1.09 bits per heavy atom. The maximum absolute atomic E-state index is 11.9. The Balaban J connectivity index is 1.72. The summed E-state index contributed by atoms with van der Waals surface area (Å²) in [5.41, 5.74) is 4.47. The van der Waals surface area contributed by atoms with Crippen molar-refractivity contribution < 1.29 is 18.0 Å². The molecule has 1 atom stereocenters. The van der Waals surface area contributed by atoms with Gasteiger partial charge in [0, 0.05) is 6.42 Å². The zero-order chi connectivity index (χ0) is 16.7. The first kappa shape index (κ1) is 17.2. The van der Waals surface area contributed by atoms with Gasteiger partial charge in [0.2, 0.25) is 15.9 Å². The van der Waals surface area contributed by atoms with Gasteiger partial charge in [0.15, 0.2) is 0 Å². The van der Waals surface area contributed by atoms with Crippen LogP contribution in [0.5, 0.6) is 0 Å². The van der Waals surface area contributed by atoms with Gasteiger partial charge >= 0.3 is 0 Å². The Morgan fingerprint density at radius 2 is 1.78 bits per heavy atom. The summed E-state index contributed by atoms with van der Waals surface area (Å²) in [4.78, 5) is 23.3. The molecule has 0 bridgehead atoms. The van der Waals surface area contributed by atoms with E-state index in [0.717, 1.165) is 12.8 Å². The van der Waals surface area contributed by atoms with Crippen LogP contribution >= 0.6 is 0 Å². The quantitative estimate of drug-likeness (QED) is 0.518. The van der Waals surface area contributed by atoms with Crippen molar-refractivity contribution in [2.24, 2.45) is 5.92 Å². The Labute approximate surface area is 135 Å². The van der Waals surface area contributed by atoms with Gasteiger partial charge in [0.25, 0.3) is 5.91 Å². The summed E-state index contributed by atoms with van der Waals surface area (Å²) in [6.07, 6.45) is 6.20. The predicted molar refractivity (Wildman–Crippen MR) is 84.4 cm³/mol. The van der Waals surface area contributed by atoms with Gasteiger partial charge in [0.05, 0.1) is 11.4 Å². The first-order valence-corrected chi connectivity index (χ1v) is 8.75. The van der Waals surface area contributed by atoms with E-state index >= 15 is 0 Å². The molecule has 0 unspecified atom stereocenters. The van der Waals surface area contributed by atoms with Gasteiger partial charge in [-0.15, -0.1) is 0 Å². The van der Waals surface area contributed by atoms with Crippen molar-refractivity contribution in [2.75, 3.05) is 6.54 Å². The molecule has 124 valence electrons. The van der Waals surface area contributed by atoms with Crippen molar-refractivity contribution in [3.05, 3.63) is 42.5 Å². The fraction of sp³-hybridized carbons (Fsp3) is 0.333. The Bertz CT molecular complexity index is 686. The Morgan fingerprint density at radius 3 is 2.43 bits per heavy atom. The third kappa shape index (κ3) is 5.50. The van der Waals surface area contributed by atoms with Crippen molar-refractivity contribution in [3.63, 3.8) is 0 Å². The van der Waals surface area contributed by atoms with Crippen molar-refractivity contribution in [1.82, 2.24) is 15.6 Å². The minimum Gasteiger partial charge on any atom is -0.273 e. The van der Waals surface area contributed by atoms with Crippen LogP contribution in [0.1, 0.15) is 19.3 Å². The molecule has 2 amide bonds. The lowest BCUT2D eigenvalue weighted by molar-refractivity contribution is -0.128. The van der Waals surface area contributed by atoms with E-state index in [1.165, 1.54) is 12.1 Å². The average Bonchev–Trinajstić information content (AvgIpc) is 3.05. The lowest BCUT2D eigenvalue weighted by Gasteiger charge is -2.10. The highest BCUT2D eigenvalue weighted by molar-refractivity contribution is 7.89. The van der Waals surface area contributed by atoms with Crippen molar-refractivity contribution in [1.29, 1.82) is 0 Å². The fourth-order valence-electron chi connectivity index (χ4n) is 2.18. The third-order valence-electron chi connectivity index (χ3n) is 3.38. The number of hydrazine groups is 1. The first-order chi connectivity index (χ1) is 11.0. The normalized spacial score (nSPS) is 17.0. The highest BCUT2D eigenvalue weighted by Gasteiger charge is 2.16. The molecule has 0 aromatic heterocycles. The van der Waals surface area contributed by atoms with E-state index in [4.69, 9.17) is 0 Å². The molecule has 0 saturated heterocycles. The van der Waals surface area contributed by atoms with Gasteiger partial charge in [-0.2, -0.15) is 0 Å². The van der Waals surface area contributed by atoms with Gasteiger partial charge in [0.1, 0.15) is 0 Å². The number of amides is 2. The fourth-order valence-corrected chi connectivity index (χ4v) is 3.18. The number of sulfonamides is 1. The second kappa shape index (κ2) is 7.89. The molecule has 0 radical (unpaired) electrons. The standard InChI is InChI=1S/C15H19N3O4S/c19-14(10-12-6-4-5-7-12)17-18-15(20)11-16-23(21,22)13-8-2-1-3-9-13/h1-4,6,8-9,12,16H,5,7,10-11H2,(H,17,19)(H,18,20)/t12-/m0/s1. The molecule has 1 aromatic carbocycles. The molecular formula is C15H19N3O4S. The van der Waals surface area contributed by atoms with E-state index < -0.39 is 22.5 Å². The number of nitrogens with one attached hydrogen (secondary N) is 3. The number of benzene rings is 1. The second-order valence-electron chi connectivity index (χ2n) is 5.20. The molecule has 7 nitrogen and oxygen atoms in total. The predicted octanol–water partition coefficient (Wildman–Crippen LogP) is 0.469. The van der Waals surface area contributed by atoms with Gasteiger partial charge in [-0.1, -0.05) is 30.4 Å². The van der Waals surface area contributed by atoms with Crippen molar-refractivity contribution in [3.8, 4) is 0 Å². The lowest BCUT2D eigenvalue weighted by atomic mass is 10.1. The smallest absolute Gasteiger partial charge is 0.253 e. The van der Waals surface area contributed by atoms with Crippen LogP contribution in [0.2, 0.25) is 0 Å². The first-order valence-electron chi connectivity index (χ1n) is 7.26. The van der Waals surface area contributed by atoms with Gasteiger partial charge in [-0.3, -0.25) is 20.4 Å². The summed E-state index contributed by atoms with van der Waals surface area (Å²) < 4.78 is 26.0. The molecule has 23 heavy (non-hydrogen) atoms. The molecule has 0 spiro atoms. The third-order valence-corrected chi connectivity index (χ3v) is 4.79. The number of hydrogen-bond donors (Lipinski definition) is 3. The molecule has 1 aromatic rings. The van der Waals surface area contributed by atoms with Crippen LogP contribution in [-0.2, 0) is 19.6 Å². The van der Waals surface area contributed by atoms with E-state index in [9.17, 15) is 18.0 Å². The highest BCUT2D eigenvalue weighted by atomic mass is 32.2. The SMILES string of the molecule is O=C(CNS(=O)(=O)c1ccccc1)NNC(=O)C[C@H]1C=CCC1. The minimum absolute atomic E-state index is 0.0739. The summed E-state index contributed by atoms with van der Waals surface area (Å²) in [6, 6.07) is 7.73. The van der Waals surface area contributed by atoms with Crippen LogP contribution < -0.4 is 15.6 Å². The number of carbonyl (C=O) groups excluding carboxylic acids is 2. The summed E-state index contributed by atoms with van der Waals surface area (Å²) in [7, 11) is -3.75. The maximum atomic E-state index is 11.9. The van der Waals surface area contributed by atoms with E-state index in [1.54, 1.807) is 18.2 Å². The van der Waals surface area contributed by atoms with E-state index in [2.05, 4.69) is 15.6 Å². The molecular weight excluding hydrogens is 318 g/mol. The Hall–Kier alpha value is -2.19. The van der Waals surface area contributed by atoms with Crippen molar-refractivity contribution in [2.45, 2.75) is 24.2 Å². The molecule has 1 aliphatic carbocycles. The van der Waals surface area contributed by atoms with Gasteiger partial charge < -0.3 is 0 Å². The summed E-state index contributed by atoms with van der Waals surface area (Å²) in [5.74, 6) is -0.746. The molecule has 2 rings (SSSR count). The topological polar surface area (TPSA) is 104 Å².